The Hall–Kier alpha value is -2.44. The highest BCUT2D eigenvalue weighted by molar-refractivity contribution is 5.94. The van der Waals surface area contributed by atoms with Crippen molar-refractivity contribution in [3.8, 4) is 11.6 Å². The predicted octanol–water partition coefficient (Wildman–Crippen LogP) is 2.94. The molecule has 136 valence electrons. The van der Waals surface area contributed by atoms with Crippen LogP contribution in [0.3, 0.4) is 0 Å². The zero-order chi connectivity index (χ0) is 17.8. The van der Waals surface area contributed by atoms with Gasteiger partial charge in [0, 0.05) is 23.9 Å². The van der Waals surface area contributed by atoms with Crippen molar-refractivity contribution in [1.29, 1.82) is 0 Å². The molecule has 2 aromatic rings. The lowest BCUT2D eigenvalue weighted by molar-refractivity contribution is -0.157. The number of ether oxygens (including phenoxy) is 3. The van der Waals surface area contributed by atoms with E-state index < -0.39 is 0 Å². The number of aromatic nitrogens is 1. The fraction of sp³-hybridized carbons (Fsp3) is 0.400. The van der Waals surface area contributed by atoms with Gasteiger partial charge in [-0.05, 0) is 43.5 Å². The summed E-state index contributed by atoms with van der Waals surface area (Å²) in [7, 11) is 0. The van der Waals surface area contributed by atoms with Crippen molar-refractivity contribution in [3.05, 3.63) is 54.2 Å². The minimum Gasteiger partial charge on any atom is -0.439 e. The molecule has 1 aromatic carbocycles. The summed E-state index contributed by atoms with van der Waals surface area (Å²) in [5.74, 6) is 0.985. The first kappa shape index (κ1) is 17.0. The Balaban J connectivity index is 1.38. The summed E-state index contributed by atoms with van der Waals surface area (Å²) in [4.78, 5) is 16.8. The van der Waals surface area contributed by atoms with Gasteiger partial charge in [0.25, 0.3) is 5.91 Å². The molecule has 0 radical (unpaired) electrons. The second-order valence-corrected chi connectivity index (χ2v) is 6.60. The van der Waals surface area contributed by atoms with E-state index in [-0.39, 0.29) is 24.2 Å². The molecule has 3 atom stereocenters. The molecule has 1 aliphatic carbocycles. The highest BCUT2D eigenvalue weighted by atomic mass is 16.6. The van der Waals surface area contributed by atoms with Crippen LogP contribution >= 0.6 is 0 Å². The van der Waals surface area contributed by atoms with Gasteiger partial charge in [0.05, 0.1) is 25.4 Å². The monoisotopic (exact) mass is 354 g/mol. The quantitative estimate of drug-likeness (QED) is 0.914. The second kappa shape index (κ2) is 7.85. The number of carbonyl (C=O) groups excluding carboxylic acids is 1. The van der Waals surface area contributed by atoms with E-state index in [0.29, 0.717) is 30.4 Å². The molecule has 2 heterocycles. The molecule has 1 aromatic heterocycles. The Kier molecular flexibility index (Phi) is 5.13. The van der Waals surface area contributed by atoms with Gasteiger partial charge in [0.1, 0.15) is 5.75 Å². The van der Waals surface area contributed by atoms with Crippen LogP contribution in [0.2, 0.25) is 0 Å². The summed E-state index contributed by atoms with van der Waals surface area (Å²) in [5, 5.41) is 3.11. The summed E-state index contributed by atoms with van der Waals surface area (Å²) < 4.78 is 17.2. The number of carbonyl (C=O) groups is 1. The van der Waals surface area contributed by atoms with Crippen LogP contribution in [0.4, 0.5) is 0 Å². The zero-order valence-corrected chi connectivity index (χ0v) is 14.5. The van der Waals surface area contributed by atoms with Crippen molar-refractivity contribution >= 4 is 5.91 Å². The molecule has 0 unspecified atom stereocenters. The molecule has 2 fully saturated rings. The predicted molar refractivity (Wildman–Crippen MR) is 95.3 cm³/mol. The summed E-state index contributed by atoms with van der Waals surface area (Å²) in [6.07, 6.45) is 4.53. The fourth-order valence-electron chi connectivity index (χ4n) is 3.50. The number of hydrogen-bond acceptors (Lipinski definition) is 5. The number of hydrogen-bond donors (Lipinski definition) is 1. The van der Waals surface area contributed by atoms with Crippen molar-refractivity contribution in [2.45, 2.75) is 37.5 Å². The van der Waals surface area contributed by atoms with Gasteiger partial charge < -0.3 is 19.5 Å². The third kappa shape index (κ3) is 4.03. The Bertz CT molecular complexity index is 752. The van der Waals surface area contributed by atoms with Crippen molar-refractivity contribution in [2.24, 2.45) is 0 Å². The van der Waals surface area contributed by atoms with E-state index >= 15 is 0 Å². The molecule has 2 aliphatic rings. The molecule has 6 heteroatoms. The van der Waals surface area contributed by atoms with Gasteiger partial charge in [0.2, 0.25) is 5.88 Å². The lowest BCUT2D eigenvalue weighted by Gasteiger charge is -2.39. The zero-order valence-electron chi connectivity index (χ0n) is 14.5. The Morgan fingerprint density at radius 1 is 1.08 bits per heavy atom. The number of nitrogens with one attached hydrogen (secondary N) is 1. The van der Waals surface area contributed by atoms with Crippen LogP contribution in [0.5, 0.6) is 11.6 Å². The van der Waals surface area contributed by atoms with Gasteiger partial charge >= 0.3 is 0 Å². The maximum atomic E-state index is 12.6. The number of amides is 1. The van der Waals surface area contributed by atoms with Crippen LogP contribution < -0.4 is 10.1 Å². The lowest BCUT2D eigenvalue weighted by atomic mass is 9.89. The lowest BCUT2D eigenvalue weighted by Crippen LogP contribution is -2.49. The number of benzene rings is 1. The summed E-state index contributed by atoms with van der Waals surface area (Å²) >= 11 is 0. The normalized spacial score (nSPS) is 25.2. The first-order chi connectivity index (χ1) is 12.8. The van der Waals surface area contributed by atoms with Gasteiger partial charge in [-0.1, -0.05) is 12.1 Å². The van der Waals surface area contributed by atoms with E-state index in [1.165, 1.54) is 0 Å². The maximum Gasteiger partial charge on any atom is 0.251 e. The highest BCUT2D eigenvalue weighted by Gasteiger charge is 2.34. The highest BCUT2D eigenvalue weighted by Crippen LogP contribution is 2.27. The van der Waals surface area contributed by atoms with Crippen LogP contribution in [0.15, 0.2) is 48.7 Å². The van der Waals surface area contributed by atoms with Gasteiger partial charge in [-0.15, -0.1) is 0 Å². The van der Waals surface area contributed by atoms with Crippen LogP contribution in [0, 0.1) is 0 Å². The molecular weight excluding hydrogens is 332 g/mol. The number of nitrogens with zero attached hydrogens (tertiary/aromatic N) is 1. The molecule has 1 amide bonds. The average Bonchev–Trinajstić information content (AvgIpc) is 2.69. The molecule has 4 rings (SSSR count). The minimum absolute atomic E-state index is 0.0848. The molecule has 0 bridgehead atoms. The second-order valence-electron chi connectivity index (χ2n) is 6.60. The topological polar surface area (TPSA) is 69.7 Å². The van der Waals surface area contributed by atoms with Crippen LogP contribution in [-0.4, -0.2) is 42.4 Å². The fourth-order valence-corrected chi connectivity index (χ4v) is 3.50. The van der Waals surface area contributed by atoms with Crippen LogP contribution in [0.1, 0.15) is 29.6 Å². The third-order valence-corrected chi connectivity index (χ3v) is 4.77. The smallest absolute Gasteiger partial charge is 0.251 e. The molecular formula is C20H22N2O4. The van der Waals surface area contributed by atoms with Crippen molar-refractivity contribution < 1.29 is 19.0 Å². The van der Waals surface area contributed by atoms with Gasteiger partial charge in [-0.2, -0.15) is 0 Å². The maximum absolute atomic E-state index is 12.6. The van der Waals surface area contributed by atoms with Crippen LogP contribution in [-0.2, 0) is 9.47 Å². The van der Waals surface area contributed by atoms with Gasteiger partial charge in [0.15, 0.2) is 0 Å². The standard InChI is InChI=1S/C20H22N2O4/c23-20(22-15-7-8-17-18(13-15)25-11-10-24-17)14-4-3-5-16(12-14)26-19-6-1-2-9-21-19/h1-6,9,12,15,17-18H,7-8,10-11,13H2,(H,22,23)/t15-,17+,18+/m1/s1. The molecule has 1 saturated carbocycles. The molecule has 1 saturated heterocycles. The summed E-state index contributed by atoms with van der Waals surface area (Å²) in [6.45, 7) is 1.30. The minimum atomic E-state index is -0.100. The molecule has 6 nitrogen and oxygen atoms in total. The van der Waals surface area contributed by atoms with Crippen molar-refractivity contribution in [2.75, 3.05) is 13.2 Å². The van der Waals surface area contributed by atoms with E-state index in [4.69, 9.17) is 14.2 Å². The number of rotatable bonds is 4. The van der Waals surface area contributed by atoms with Crippen LogP contribution in [0.25, 0.3) is 0 Å². The first-order valence-corrected chi connectivity index (χ1v) is 9.01. The average molecular weight is 354 g/mol. The van der Waals surface area contributed by atoms with E-state index in [2.05, 4.69) is 10.3 Å². The number of fused-ring (bicyclic) bond motifs is 1. The largest absolute Gasteiger partial charge is 0.439 e. The first-order valence-electron chi connectivity index (χ1n) is 9.01. The molecule has 26 heavy (non-hydrogen) atoms. The molecule has 1 aliphatic heterocycles. The van der Waals surface area contributed by atoms with Gasteiger partial charge in [-0.25, -0.2) is 4.98 Å². The molecule has 1 N–H and O–H groups in total. The summed E-state index contributed by atoms with van der Waals surface area (Å²) in [6, 6.07) is 12.7. The summed E-state index contributed by atoms with van der Waals surface area (Å²) in [5.41, 5.74) is 0.571. The SMILES string of the molecule is O=C(N[C@@H]1CC[C@@H]2OCCO[C@H]2C1)c1cccc(Oc2ccccn2)c1. The Morgan fingerprint density at radius 3 is 2.81 bits per heavy atom. The third-order valence-electron chi connectivity index (χ3n) is 4.77. The Labute approximate surface area is 152 Å². The van der Waals surface area contributed by atoms with E-state index in [1.807, 2.05) is 24.3 Å². The van der Waals surface area contributed by atoms with Crippen molar-refractivity contribution in [1.82, 2.24) is 10.3 Å². The number of pyridine rings is 1. The van der Waals surface area contributed by atoms with Gasteiger partial charge in [-0.3, -0.25) is 4.79 Å². The van der Waals surface area contributed by atoms with E-state index in [1.54, 1.807) is 24.4 Å². The van der Waals surface area contributed by atoms with Crippen molar-refractivity contribution in [3.63, 3.8) is 0 Å². The molecule has 0 spiro atoms. The van der Waals surface area contributed by atoms with E-state index in [0.717, 1.165) is 19.3 Å². The Morgan fingerprint density at radius 2 is 1.96 bits per heavy atom. The van der Waals surface area contributed by atoms with E-state index in [9.17, 15) is 4.79 Å².